The van der Waals surface area contributed by atoms with Gasteiger partial charge >= 0.3 is 6.03 Å². The van der Waals surface area contributed by atoms with Crippen molar-refractivity contribution in [2.45, 2.75) is 13.5 Å². The molecule has 0 fully saturated rings. The Bertz CT molecular complexity index is 1150. The van der Waals surface area contributed by atoms with Crippen LogP contribution in [-0.4, -0.2) is 16.9 Å². The van der Waals surface area contributed by atoms with Crippen molar-refractivity contribution in [3.05, 3.63) is 98.6 Å². The zero-order valence-corrected chi connectivity index (χ0v) is 17.3. The summed E-state index contributed by atoms with van der Waals surface area (Å²) in [4.78, 5) is 34.9. The van der Waals surface area contributed by atoms with Crippen LogP contribution in [0.5, 0.6) is 0 Å². The molecule has 0 aliphatic rings. The molecule has 3 rings (SSSR count). The van der Waals surface area contributed by atoms with E-state index in [-0.39, 0.29) is 22.8 Å². The van der Waals surface area contributed by atoms with E-state index in [2.05, 4.69) is 16.0 Å². The van der Waals surface area contributed by atoms with Gasteiger partial charge in [-0.05, 0) is 48.4 Å². The van der Waals surface area contributed by atoms with Gasteiger partial charge in [0.25, 0.3) is 11.6 Å². The smallest absolute Gasteiger partial charge is 0.323 e. The first-order valence-corrected chi connectivity index (χ1v) is 9.65. The second kappa shape index (κ2) is 9.73. The first-order chi connectivity index (χ1) is 14.8. The van der Waals surface area contributed by atoms with Crippen LogP contribution in [0.15, 0.2) is 66.7 Å². The van der Waals surface area contributed by atoms with Crippen LogP contribution in [0.1, 0.15) is 21.5 Å². The maximum atomic E-state index is 12.4. The summed E-state index contributed by atoms with van der Waals surface area (Å²) in [6.07, 6.45) is 0. The Labute approximate surface area is 183 Å². The number of nitro groups is 1. The van der Waals surface area contributed by atoms with Gasteiger partial charge < -0.3 is 16.0 Å². The third kappa shape index (κ3) is 6.03. The SMILES string of the molecule is Cc1cccc(NC(=O)Nc2cccc(CNC(=O)c3cc([N+](=O)[O-])ccc3Cl)c2)c1. The molecule has 0 spiro atoms. The van der Waals surface area contributed by atoms with Crippen LogP contribution in [0.3, 0.4) is 0 Å². The fourth-order valence-electron chi connectivity index (χ4n) is 2.85. The summed E-state index contributed by atoms with van der Waals surface area (Å²) in [6.45, 7) is 2.08. The fourth-order valence-corrected chi connectivity index (χ4v) is 3.06. The van der Waals surface area contributed by atoms with E-state index in [1.54, 1.807) is 30.3 Å². The van der Waals surface area contributed by atoms with Crippen molar-refractivity contribution in [1.29, 1.82) is 0 Å². The molecule has 9 heteroatoms. The van der Waals surface area contributed by atoms with Gasteiger partial charge in [-0.25, -0.2) is 4.79 Å². The number of hydrogen-bond donors (Lipinski definition) is 3. The minimum Gasteiger partial charge on any atom is -0.348 e. The number of nitro benzene ring substituents is 1. The molecule has 0 bridgehead atoms. The van der Waals surface area contributed by atoms with Crippen LogP contribution in [0.2, 0.25) is 5.02 Å². The lowest BCUT2D eigenvalue weighted by Crippen LogP contribution is -2.23. The van der Waals surface area contributed by atoms with Gasteiger partial charge in [0.15, 0.2) is 0 Å². The molecule has 0 aromatic heterocycles. The number of aryl methyl sites for hydroxylation is 1. The monoisotopic (exact) mass is 438 g/mol. The highest BCUT2D eigenvalue weighted by molar-refractivity contribution is 6.33. The number of amides is 3. The molecule has 0 aliphatic carbocycles. The molecule has 3 amide bonds. The Kier molecular flexibility index (Phi) is 6.84. The Hall–Kier alpha value is -3.91. The maximum absolute atomic E-state index is 12.4. The average molecular weight is 439 g/mol. The number of anilines is 2. The summed E-state index contributed by atoms with van der Waals surface area (Å²) < 4.78 is 0. The Morgan fingerprint density at radius 3 is 2.32 bits per heavy atom. The highest BCUT2D eigenvalue weighted by Crippen LogP contribution is 2.22. The number of rotatable bonds is 6. The Morgan fingerprint density at radius 1 is 0.968 bits per heavy atom. The van der Waals surface area contributed by atoms with E-state index >= 15 is 0 Å². The van der Waals surface area contributed by atoms with Crippen molar-refractivity contribution in [3.8, 4) is 0 Å². The lowest BCUT2D eigenvalue weighted by Gasteiger charge is -2.10. The van der Waals surface area contributed by atoms with E-state index in [1.807, 2.05) is 25.1 Å². The largest absolute Gasteiger partial charge is 0.348 e. The first-order valence-electron chi connectivity index (χ1n) is 9.27. The summed E-state index contributed by atoms with van der Waals surface area (Å²) in [5.74, 6) is -0.538. The number of carbonyl (C=O) groups excluding carboxylic acids is 2. The molecular formula is C22H19ClN4O4. The molecular weight excluding hydrogens is 420 g/mol. The van der Waals surface area contributed by atoms with E-state index in [0.29, 0.717) is 11.4 Å². The molecule has 158 valence electrons. The standard InChI is InChI=1S/C22H19ClN4O4/c1-14-4-2-6-16(10-14)25-22(29)26-17-7-3-5-15(11-17)13-24-21(28)19-12-18(27(30)31)8-9-20(19)23/h2-12H,13H2,1H3,(H,24,28)(H2,25,26,29). The summed E-state index contributed by atoms with van der Waals surface area (Å²) >= 11 is 6.00. The second-order valence-corrected chi connectivity index (χ2v) is 7.16. The van der Waals surface area contributed by atoms with Crippen LogP contribution in [-0.2, 0) is 6.54 Å². The second-order valence-electron chi connectivity index (χ2n) is 6.75. The number of carbonyl (C=O) groups is 2. The molecule has 3 N–H and O–H groups in total. The van der Waals surface area contributed by atoms with Gasteiger partial charge in [0.05, 0.1) is 15.5 Å². The van der Waals surface area contributed by atoms with E-state index in [1.165, 1.54) is 12.1 Å². The highest BCUT2D eigenvalue weighted by Gasteiger charge is 2.15. The highest BCUT2D eigenvalue weighted by atomic mass is 35.5. The van der Waals surface area contributed by atoms with Crippen molar-refractivity contribution in [2.24, 2.45) is 0 Å². The third-order valence-corrected chi connectivity index (χ3v) is 4.65. The molecule has 0 aliphatic heterocycles. The van der Waals surface area contributed by atoms with Gasteiger partial charge in [0, 0.05) is 30.1 Å². The predicted octanol–water partition coefficient (Wildman–Crippen LogP) is 5.13. The van der Waals surface area contributed by atoms with Gasteiger partial charge in [-0.15, -0.1) is 0 Å². The van der Waals surface area contributed by atoms with Gasteiger partial charge in [0.1, 0.15) is 0 Å². The lowest BCUT2D eigenvalue weighted by molar-refractivity contribution is -0.384. The molecule has 0 atom stereocenters. The van der Waals surface area contributed by atoms with Gasteiger partial charge in [-0.1, -0.05) is 35.9 Å². The molecule has 0 radical (unpaired) electrons. The van der Waals surface area contributed by atoms with Gasteiger partial charge in [-0.2, -0.15) is 0 Å². The normalized spacial score (nSPS) is 10.3. The number of nitrogens with one attached hydrogen (secondary N) is 3. The van der Waals surface area contributed by atoms with Crippen molar-refractivity contribution >= 4 is 40.6 Å². The number of benzene rings is 3. The topological polar surface area (TPSA) is 113 Å². The van der Waals surface area contributed by atoms with Crippen LogP contribution < -0.4 is 16.0 Å². The predicted molar refractivity (Wildman–Crippen MR) is 120 cm³/mol. The first kappa shape index (κ1) is 21.8. The summed E-state index contributed by atoms with van der Waals surface area (Å²) in [6, 6.07) is 17.7. The molecule has 0 heterocycles. The van der Waals surface area contributed by atoms with Gasteiger partial charge in [-0.3, -0.25) is 14.9 Å². The molecule has 0 saturated heterocycles. The van der Waals surface area contributed by atoms with Crippen LogP contribution >= 0.6 is 11.6 Å². The van der Waals surface area contributed by atoms with Crippen molar-refractivity contribution in [1.82, 2.24) is 5.32 Å². The fraction of sp³-hybridized carbons (Fsp3) is 0.0909. The molecule has 8 nitrogen and oxygen atoms in total. The minimum absolute atomic E-state index is 0.0164. The van der Waals surface area contributed by atoms with E-state index in [0.717, 1.165) is 17.2 Å². The van der Waals surface area contributed by atoms with E-state index in [4.69, 9.17) is 11.6 Å². The van der Waals surface area contributed by atoms with Crippen molar-refractivity contribution in [2.75, 3.05) is 10.6 Å². The zero-order chi connectivity index (χ0) is 22.4. The Morgan fingerprint density at radius 2 is 1.65 bits per heavy atom. The lowest BCUT2D eigenvalue weighted by atomic mass is 10.1. The zero-order valence-electron chi connectivity index (χ0n) is 16.5. The molecule has 3 aromatic rings. The molecule has 3 aromatic carbocycles. The molecule has 31 heavy (non-hydrogen) atoms. The van der Waals surface area contributed by atoms with Crippen molar-refractivity contribution < 1.29 is 14.5 Å². The number of non-ortho nitro benzene ring substituents is 1. The molecule has 0 saturated carbocycles. The quantitative estimate of drug-likeness (QED) is 0.365. The number of urea groups is 1. The third-order valence-electron chi connectivity index (χ3n) is 4.32. The number of nitrogens with zero attached hydrogens (tertiary/aromatic N) is 1. The van der Waals surface area contributed by atoms with E-state index < -0.39 is 16.9 Å². The number of halogens is 1. The average Bonchev–Trinajstić information content (AvgIpc) is 2.72. The summed E-state index contributed by atoms with van der Waals surface area (Å²) in [5, 5.41) is 19.2. The van der Waals surface area contributed by atoms with E-state index in [9.17, 15) is 19.7 Å². The summed E-state index contributed by atoms with van der Waals surface area (Å²) in [5.41, 5.74) is 2.77. The van der Waals surface area contributed by atoms with Gasteiger partial charge in [0.2, 0.25) is 0 Å². The maximum Gasteiger partial charge on any atom is 0.323 e. The summed E-state index contributed by atoms with van der Waals surface area (Å²) in [7, 11) is 0. The van der Waals surface area contributed by atoms with Crippen LogP contribution in [0.25, 0.3) is 0 Å². The van der Waals surface area contributed by atoms with Crippen LogP contribution in [0, 0.1) is 17.0 Å². The Balaban J connectivity index is 1.62. The molecule has 0 unspecified atom stereocenters. The van der Waals surface area contributed by atoms with Crippen LogP contribution in [0.4, 0.5) is 21.9 Å². The van der Waals surface area contributed by atoms with Crippen molar-refractivity contribution in [3.63, 3.8) is 0 Å². The number of hydrogen-bond acceptors (Lipinski definition) is 4. The minimum atomic E-state index is -0.593.